The number of benzene rings is 1. The van der Waals surface area contributed by atoms with Crippen molar-refractivity contribution >= 4 is 11.6 Å². The Morgan fingerprint density at radius 3 is 2.70 bits per heavy atom. The smallest absolute Gasteiger partial charge is 0.130 e. The molecule has 3 nitrogen and oxygen atoms in total. The highest BCUT2D eigenvalue weighted by Gasteiger charge is 2.16. The van der Waals surface area contributed by atoms with Gasteiger partial charge < -0.3 is 5.11 Å². The number of hydrogen-bond acceptors (Lipinski definition) is 2. The third kappa shape index (κ3) is 3.19. The Morgan fingerprint density at radius 1 is 1.35 bits per heavy atom. The lowest BCUT2D eigenvalue weighted by Gasteiger charge is -2.13. The lowest BCUT2D eigenvalue weighted by Crippen LogP contribution is -2.09. The van der Waals surface area contributed by atoms with Crippen molar-refractivity contribution in [3.8, 4) is 0 Å². The van der Waals surface area contributed by atoms with Crippen molar-refractivity contribution in [2.75, 3.05) is 0 Å². The molecule has 1 aromatic carbocycles. The van der Waals surface area contributed by atoms with E-state index in [2.05, 4.69) is 5.10 Å². The highest BCUT2D eigenvalue weighted by molar-refractivity contribution is 6.30. The standard InChI is InChI=1S/C15H18ClFN2O/c1-3-11-8-12(19(4-2)18-11)9-15(20)13-6-5-10(16)7-14(13)17/h5-8,15,20H,3-4,9H2,1-2H3. The average molecular weight is 297 g/mol. The van der Waals surface area contributed by atoms with Gasteiger partial charge in [0.2, 0.25) is 0 Å². The number of aryl methyl sites for hydroxylation is 2. The van der Waals surface area contributed by atoms with Crippen LogP contribution in [-0.2, 0) is 19.4 Å². The summed E-state index contributed by atoms with van der Waals surface area (Å²) in [6.45, 7) is 4.75. The highest BCUT2D eigenvalue weighted by atomic mass is 35.5. The highest BCUT2D eigenvalue weighted by Crippen LogP contribution is 2.24. The second kappa shape index (κ2) is 6.37. The summed E-state index contributed by atoms with van der Waals surface area (Å²) in [7, 11) is 0. The summed E-state index contributed by atoms with van der Waals surface area (Å²) in [5, 5.41) is 15.0. The van der Waals surface area contributed by atoms with E-state index in [0.717, 1.165) is 24.4 Å². The Balaban J connectivity index is 2.22. The normalized spacial score (nSPS) is 12.7. The summed E-state index contributed by atoms with van der Waals surface area (Å²) in [5.41, 5.74) is 2.15. The van der Waals surface area contributed by atoms with Crippen molar-refractivity contribution in [1.82, 2.24) is 9.78 Å². The number of aromatic nitrogens is 2. The van der Waals surface area contributed by atoms with Gasteiger partial charge >= 0.3 is 0 Å². The predicted octanol–water partition coefficient (Wildman–Crippen LogP) is 3.53. The van der Waals surface area contributed by atoms with E-state index >= 15 is 0 Å². The maximum Gasteiger partial charge on any atom is 0.130 e. The molecule has 1 unspecified atom stereocenters. The Labute approximate surface area is 123 Å². The Kier molecular flexibility index (Phi) is 4.78. The molecular formula is C15H18ClFN2O. The minimum Gasteiger partial charge on any atom is -0.388 e. The summed E-state index contributed by atoms with van der Waals surface area (Å²) in [5.74, 6) is -0.483. The van der Waals surface area contributed by atoms with Gasteiger partial charge in [0.15, 0.2) is 0 Å². The van der Waals surface area contributed by atoms with E-state index in [1.807, 2.05) is 24.6 Å². The summed E-state index contributed by atoms with van der Waals surface area (Å²) in [6, 6.07) is 6.28. The van der Waals surface area contributed by atoms with Crippen molar-refractivity contribution in [3.05, 3.63) is 52.1 Å². The molecule has 0 saturated heterocycles. The van der Waals surface area contributed by atoms with Gasteiger partial charge in [-0.25, -0.2) is 4.39 Å². The van der Waals surface area contributed by atoms with Gasteiger partial charge in [0, 0.05) is 29.2 Å². The fourth-order valence-corrected chi connectivity index (χ4v) is 2.36. The molecule has 0 spiro atoms. The fraction of sp³-hybridized carbons (Fsp3) is 0.400. The number of nitrogens with zero attached hydrogens (tertiary/aromatic N) is 2. The molecule has 20 heavy (non-hydrogen) atoms. The first-order valence-electron chi connectivity index (χ1n) is 6.73. The van der Waals surface area contributed by atoms with Crippen LogP contribution in [-0.4, -0.2) is 14.9 Å². The minimum atomic E-state index is -0.904. The van der Waals surface area contributed by atoms with Crippen LogP contribution in [0, 0.1) is 5.82 Å². The first kappa shape index (κ1) is 15.0. The van der Waals surface area contributed by atoms with Crippen LogP contribution < -0.4 is 0 Å². The predicted molar refractivity (Wildman–Crippen MR) is 77.4 cm³/mol. The molecule has 0 aliphatic rings. The van der Waals surface area contributed by atoms with Gasteiger partial charge in [-0.05, 0) is 31.5 Å². The van der Waals surface area contributed by atoms with Crippen molar-refractivity contribution in [2.24, 2.45) is 0 Å². The number of aliphatic hydroxyl groups excluding tert-OH is 1. The lowest BCUT2D eigenvalue weighted by atomic mass is 10.0. The maximum atomic E-state index is 13.8. The molecule has 108 valence electrons. The summed E-state index contributed by atoms with van der Waals surface area (Å²) in [4.78, 5) is 0. The van der Waals surface area contributed by atoms with Gasteiger partial charge in [0.1, 0.15) is 5.82 Å². The molecule has 1 aromatic heterocycles. The van der Waals surface area contributed by atoms with Crippen LogP contribution in [0.2, 0.25) is 5.02 Å². The van der Waals surface area contributed by atoms with E-state index in [9.17, 15) is 9.50 Å². The Hall–Kier alpha value is -1.39. The second-order valence-corrected chi connectivity index (χ2v) is 5.12. The molecular weight excluding hydrogens is 279 g/mol. The lowest BCUT2D eigenvalue weighted by molar-refractivity contribution is 0.170. The van der Waals surface area contributed by atoms with E-state index < -0.39 is 11.9 Å². The topological polar surface area (TPSA) is 38.0 Å². The van der Waals surface area contributed by atoms with E-state index in [-0.39, 0.29) is 5.56 Å². The van der Waals surface area contributed by atoms with E-state index in [4.69, 9.17) is 11.6 Å². The van der Waals surface area contributed by atoms with Crippen LogP contribution in [0.1, 0.15) is 36.9 Å². The molecule has 2 aromatic rings. The number of aliphatic hydroxyl groups is 1. The molecule has 1 N–H and O–H groups in total. The number of rotatable bonds is 5. The zero-order chi connectivity index (χ0) is 14.7. The monoisotopic (exact) mass is 296 g/mol. The quantitative estimate of drug-likeness (QED) is 0.916. The van der Waals surface area contributed by atoms with Crippen LogP contribution in [0.3, 0.4) is 0 Å². The first-order chi connectivity index (χ1) is 9.55. The van der Waals surface area contributed by atoms with Crippen molar-refractivity contribution < 1.29 is 9.50 Å². The molecule has 0 fully saturated rings. The number of hydrogen-bond donors (Lipinski definition) is 1. The van der Waals surface area contributed by atoms with Crippen molar-refractivity contribution in [2.45, 2.75) is 39.3 Å². The largest absolute Gasteiger partial charge is 0.388 e. The molecule has 0 bridgehead atoms. The number of halogens is 2. The Bertz CT molecular complexity index is 598. The molecule has 0 amide bonds. The Morgan fingerprint density at radius 2 is 2.10 bits per heavy atom. The van der Waals surface area contributed by atoms with Crippen LogP contribution in [0.5, 0.6) is 0 Å². The third-order valence-corrected chi connectivity index (χ3v) is 3.53. The summed E-state index contributed by atoms with van der Waals surface area (Å²) in [6.07, 6.45) is 0.268. The van der Waals surface area contributed by atoms with E-state index in [1.54, 1.807) is 6.07 Å². The van der Waals surface area contributed by atoms with Gasteiger partial charge in [-0.1, -0.05) is 24.6 Å². The zero-order valence-corrected chi connectivity index (χ0v) is 12.4. The van der Waals surface area contributed by atoms with Crippen LogP contribution in [0.4, 0.5) is 4.39 Å². The average Bonchev–Trinajstić information content (AvgIpc) is 2.80. The molecule has 0 aliphatic carbocycles. The third-order valence-electron chi connectivity index (χ3n) is 3.30. The van der Waals surface area contributed by atoms with Crippen LogP contribution in [0.15, 0.2) is 24.3 Å². The molecule has 5 heteroatoms. The van der Waals surface area contributed by atoms with Crippen LogP contribution >= 0.6 is 11.6 Å². The second-order valence-electron chi connectivity index (χ2n) is 4.68. The van der Waals surface area contributed by atoms with Crippen LogP contribution in [0.25, 0.3) is 0 Å². The summed E-state index contributed by atoms with van der Waals surface area (Å²) < 4.78 is 15.6. The van der Waals surface area contributed by atoms with Gasteiger partial charge in [0.25, 0.3) is 0 Å². The van der Waals surface area contributed by atoms with E-state index in [1.165, 1.54) is 12.1 Å². The maximum absolute atomic E-state index is 13.8. The SMILES string of the molecule is CCc1cc(CC(O)c2ccc(Cl)cc2F)n(CC)n1. The molecule has 1 heterocycles. The minimum absolute atomic E-state index is 0.260. The molecule has 2 rings (SSSR count). The molecule has 0 saturated carbocycles. The van der Waals surface area contributed by atoms with Gasteiger partial charge in [-0.15, -0.1) is 0 Å². The molecule has 0 radical (unpaired) electrons. The van der Waals surface area contributed by atoms with E-state index in [0.29, 0.717) is 11.4 Å². The zero-order valence-electron chi connectivity index (χ0n) is 11.6. The first-order valence-corrected chi connectivity index (χ1v) is 7.11. The van der Waals surface area contributed by atoms with Gasteiger partial charge in [-0.3, -0.25) is 4.68 Å². The fourth-order valence-electron chi connectivity index (χ4n) is 2.21. The van der Waals surface area contributed by atoms with Crippen molar-refractivity contribution in [1.29, 1.82) is 0 Å². The van der Waals surface area contributed by atoms with Gasteiger partial charge in [-0.2, -0.15) is 5.10 Å². The van der Waals surface area contributed by atoms with Crippen molar-refractivity contribution in [3.63, 3.8) is 0 Å². The summed E-state index contributed by atoms with van der Waals surface area (Å²) >= 11 is 5.72. The molecule has 1 atom stereocenters. The molecule has 0 aliphatic heterocycles. The van der Waals surface area contributed by atoms with Gasteiger partial charge in [0.05, 0.1) is 11.8 Å².